The maximum absolute atomic E-state index is 12.1. The summed E-state index contributed by atoms with van der Waals surface area (Å²) in [6, 6.07) is 10.3. The predicted octanol–water partition coefficient (Wildman–Crippen LogP) is 2.90. The molecule has 2 aromatic rings. The van der Waals surface area contributed by atoms with Gasteiger partial charge in [0.05, 0.1) is 17.1 Å². The molecule has 0 fully saturated rings. The molecule has 0 bridgehead atoms. The van der Waals surface area contributed by atoms with Gasteiger partial charge in [-0.3, -0.25) is 4.79 Å². The Morgan fingerprint density at radius 1 is 1.14 bits per heavy atom. The molecule has 2 aromatic carbocycles. The van der Waals surface area contributed by atoms with Crippen LogP contribution in [0.3, 0.4) is 0 Å². The number of carbonyl (C=O) groups is 2. The normalized spacial score (nSPS) is 10.1. The molecule has 2 rings (SSSR count). The van der Waals surface area contributed by atoms with E-state index in [0.29, 0.717) is 27.6 Å². The molecule has 0 aliphatic rings. The van der Waals surface area contributed by atoms with Gasteiger partial charge in [-0.1, -0.05) is 24.4 Å². The van der Waals surface area contributed by atoms with Gasteiger partial charge < -0.3 is 16.8 Å². The van der Waals surface area contributed by atoms with E-state index in [2.05, 4.69) is 18.1 Å². The SMILES string of the molecule is NC(=O)c1ccc(N(S)C(=O)Nc2cc(Cl)ccc2N)cc1. The number of nitrogen functional groups attached to an aromatic ring is 1. The van der Waals surface area contributed by atoms with Gasteiger partial charge in [-0.05, 0) is 42.5 Å². The lowest BCUT2D eigenvalue weighted by molar-refractivity contribution is 0.100. The highest BCUT2D eigenvalue weighted by Gasteiger charge is 2.14. The number of urea groups is 1. The number of hydrogen-bond donors (Lipinski definition) is 4. The number of nitrogens with two attached hydrogens (primary N) is 2. The molecule has 0 radical (unpaired) electrons. The third-order valence-electron chi connectivity index (χ3n) is 2.85. The Morgan fingerprint density at radius 2 is 1.77 bits per heavy atom. The van der Waals surface area contributed by atoms with Gasteiger partial charge in [0.2, 0.25) is 5.91 Å². The topological polar surface area (TPSA) is 101 Å². The Hall–Kier alpha value is -2.38. The quantitative estimate of drug-likeness (QED) is 0.512. The van der Waals surface area contributed by atoms with Crippen LogP contribution in [-0.2, 0) is 0 Å². The molecule has 0 saturated carbocycles. The summed E-state index contributed by atoms with van der Waals surface area (Å²) in [4.78, 5) is 23.2. The van der Waals surface area contributed by atoms with Crippen LogP contribution in [0, 0.1) is 0 Å². The zero-order valence-corrected chi connectivity index (χ0v) is 12.9. The fraction of sp³-hybridized carbons (Fsp3) is 0. The Balaban J connectivity index is 2.15. The van der Waals surface area contributed by atoms with E-state index in [1.54, 1.807) is 24.3 Å². The molecule has 3 amide bonds. The molecule has 8 heteroatoms. The first-order valence-electron chi connectivity index (χ1n) is 6.13. The zero-order chi connectivity index (χ0) is 16.3. The van der Waals surface area contributed by atoms with Crippen molar-refractivity contribution in [3.05, 3.63) is 53.1 Å². The number of nitrogens with one attached hydrogen (secondary N) is 1. The number of benzene rings is 2. The number of rotatable bonds is 3. The lowest BCUT2D eigenvalue weighted by atomic mass is 10.2. The molecule has 0 aliphatic heterocycles. The van der Waals surface area contributed by atoms with Crippen molar-refractivity contribution >= 4 is 53.4 Å². The zero-order valence-electron chi connectivity index (χ0n) is 11.3. The van der Waals surface area contributed by atoms with Gasteiger partial charge in [0.25, 0.3) is 0 Å². The minimum absolute atomic E-state index is 0.338. The summed E-state index contributed by atoms with van der Waals surface area (Å²) in [6.07, 6.45) is 0. The number of amides is 3. The van der Waals surface area contributed by atoms with E-state index >= 15 is 0 Å². The van der Waals surface area contributed by atoms with Gasteiger partial charge in [0, 0.05) is 10.6 Å². The summed E-state index contributed by atoms with van der Waals surface area (Å²) >= 11 is 9.98. The van der Waals surface area contributed by atoms with E-state index in [-0.39, 0.29) is 0 Å². The van der Waals surface area contributed by atoms with Gasteiger partial charge in [0.1, 0.15) is 0 Å². The van der Waals surface area contributed by atoms with Crippen LogP contribution in [-0.4, -0.2) is 11.9 Å². The first kappa shape index (κ1) is 16.0. The molecule has 0 aromatic heterocycles. The number of halogens is 1. The predicted molar refractivity (Wildman–Crippen MR) is 91.3 cm³/mol. The van der Waals surface area contributed by atoms with Crippen molar-refractivity contribution in [3.8, 4) is 0 Å². The van der Waals surface area contributed by atoms with Crippen LogP contribution >= 0.6 is 24.4 Å². The Morgan fingerprint density at radius 3 is 2.36 bits per heavy atom. The highest BCUT2D eigenvalue weighted by atomic mass is 35.5. The fourth-order valence-corrected chi connectivity index (χ4v) is 2.04. The first-order valence-corrected chi connectivity index (χ1v) is 6.91. The molecule has 0 saturated heterocycles. The number of carbonyl (C=O) groups excluding carboxylic acids is 2. The van der Waals surface area contributed by atoms with E-state index in [1.165, 1.54) is 18.2 Å². The van der Waals surface area contributed by atoms with E-state index in [0.717, 1.165) is 4.31 Å². The molecule has 22 heavy (non-hydrogen) atoms. The van der Waals surface area contributed by atoms with Crippen LogP contribution in [0.15, 0.2) is 42.5 Å². The molecular formula is C14H13ClN4O2S. The van der Waals surface area contributed by atoms with Crippen LogP contribution < -0.4 is 21.1 Å². The Labute approximate surface area is 137 Å². The van der Waals surface area contributed by atoms with Crippen LogP contribution in [0.2, 0.25) is 5.02 Å². The highest BCUT2D eigenvalue weighted by molar-refractivity contribution is 7.82. The molecule has 114 valence electrons. The van der Waals surface area contributed by atoms with Crippen LogP contribution in [0.4, 0.5) is 21.9 Å². The van der Waals surface area contributed by atoms with Gasteiger partial charge in [-0.25, -0.2) is 9.10 Å². The highest BCUT2D eigenvalue weighted by Crippen LogP contribution is 2.25. The van der Waals surface area contributed by atoms with Crippen LogP contribution in [0.1, 0.15) is 10.4 Å². The third-order valence-corrected chi connectivity index (χ3v) is 3.49. The lowest BCUT2D eigenvalue weighted by Gasteiger charge is -2.17. The van der Waals surface area contributed by atoms with Gasteiger partial charge in [0.15, 0.2) is 0 Å². The lowest BCUT2D eigenvalue weighted by Crippen LogP contribution is -2.27. The second kappa shape index (κ2) is 6.59. The number of anilines is 3. The van der Waals surface area contributed by atoms with E-state index in [1.807, 2.05) is 0 Å². The standard InChI is InChI=1S/C14H13ClN4O2S/c15-9-3-6-11(16)12(7-9)18-14(21)19(22)10-4-1-8(2-5-10)13(17)20/h1-7,22H,16H2,(H2,17,20)(H,18,21). The number of hydrogen-bond acceptors (Lipinski definition) is 4. The van der Waals surface area contributed by atoms with E-state index < -0.39 is 11.9 Å². The van der Waals surface area contributed by atoms with Crippen molar-refractivity contribution in [2.75, 3.05) is 15.4 Å². The summed E-state index contributed by atoms with van der Waals surface area (Å²) in [5, 5.41) is 3.04. The van der Waals surface area contributed by atoms with E-state index in [9.17, 15) is 9.59 Å². The summed E-state index contributed by atoms with van der Waals surface area (Å²) in [7, 11) is 0. The maximum Gasteiger partial charge on any atom is 0.336 e. The molecule has 0 unspecified atom stereocenters. The summed E-state index contributed by atoms with van der Waals surface area (Å²) in [5.74, 6) is -0.548. The largest absolute Gasteiger partial charge is 0.397 e. The molecule has 5 N–H and O–H groups in total. The van der Waals surface area contributed by atoms with Crippen LogP contribution in [0.25, 0.3) is 0 Å². The van der Waals surface area contributed by atoms with Gasteiger partial charge >= 0.3 is 6.03 Å². The molecule has 0 spiro atoms. The molecule has 0 atom stereocenters. The second-order valence-corrected chi connectivity index (χ2v) is 5.22. The molecule has 0 heterocycles. The van der Waals surface area contributed by atoms with Crippen molar-refractivity contribution in [1.29, 1.82) is 0 Å². The van der Waals surface area contributed by atoms with E-state index in [4.69, 9.17) is 23.1 Å². The van der Waals surface area contributed by atoms with Crippen molar-refractivity contribution < 1.29 is 9.59 Å². The smallest absolute Gasteiger partial charge is 0.336 e. The third kappa shape index (κ3) is 3.63. The summed E-state index contributed by atoms with van der Waals surface area (Å²) in [6.45, 7) is 0. The average Bonchev–Trinajstić information content (AvgIpc) is 2.50. The minimum atomic E-state index is -0.548. The number of primary amides is 1. The molecular weight excluding hydrogens is 324 g/mol. The monoisotopic (exact) mass is 336 g/mol. The van der Waals surface area contributed by atoms with Gasteiger partial charge in [-0.15, -0.1) is 0 Å². The first-order chi connectivity index (χ1) is 10.4. The van der Waals surface area contributed by atoms with Crippen LogP contribution in [0.5, 0.6) is 0 Å². The van der Waals surface area contributed by atoms with Crippen molar-refractivity contribution in [2.45, 2.75) is 0 Å². The number of nitrogens with zero attached hydrogens (tertiary/aromatic N) is 1. The fourth-order valence-electron chi connectivity index (χ4n) is 1.69. The van der Waals surface area contributed by atoms with Crippen molar-refractivity contribution in [1.82, 2.24) is 0 Å². The number of thiol groups is 1. The van der Waals surface area contributed by atoms with Gasteiger partial charge in [-0.2, -0.15) is 0 Å². The maximum atomic E-state index is 12.1. The Bertz CT molecular complexity index is 721. The summed E-state index contributed by atoms with van der Waals surface area (Å²) < 4.78 is 1.07. The van der Waals surface area contributed by atoms with Crippen molar-refractivity contribution in [2.24, 2.45) is 5.73 Å². The minimum Gasteiger partial charge on any atom is -0.397 e. The average molecular weight is 337 g/mol. The molecule has 6 nitrogen and oxygen atoms in total. The Kier molecular flexibility index (Phi) is 4.79. The van der Waals surface area contributed by atoms with Crippen molar-refractivity contribution in [3.63, 3.8) is 0 Å². The second-order valence-electron chi connectivity index (χ2n) is 4.38. The molecule has 0 aliphatic carbocycles. The summed E-state index contributed by atoms with van der Waals surface area (Å²) in [5.41, 5.74) is 12.5.